The number of nitriles is 1. The number of hydrogen-bond acceptors (Lipinski definition) is 6. The van der Waals surface area contributed by atoms with Crippen LogP contribution in [0.5, 0.6) is 0 Å². The van der Waals surface area contributed by atoms with E-state index in [2.05, 4.69) is 9.97 Å². The van der Waals surface area contributed by atoms with Gasteiger partial charge in [-0.3, -0.25) is 0 Å². The van der Waals surface area contributed by atoms with Gasteiger partial charge in [-0.2, -0.15) is 5.26 Å². The van der Waals surface area contributed by atoms with E-state index in [4.69, 9.17) is 10.00 Å². The SMILES string of the molecule is CN(C(=O)N1CCOCC1)C1CN(c2nccnc2C#N)C1. The van der Waals surface area contributed by atoms with Gasteiger partial charge in [-0.05, 0) is 0 Å². The molecule has 3 heterocycles. The fourth-order valence-electron chi connectivity index (χ4n) is 2.65. The normalized spacial score (nSPS) is 18.5. The summed E-state index contributed by atoms with van der Waals surface area (Å²) in [4.78, 5) is 26.2. The highest BCUT2D eigenvalue weighted by atomic mass is 16.5. The maximum atomic E-state index is 12.4. The largest absolute Gasteiger partial charge is 0.378 e. The van der Waals surface area contributed by atoms with E-state index in [1.54, 1.807) is 11.1 Å². The highest BCUT2D eigenvalue weighted by Crippen LogP contribution is 2.23. The van der Waals surface area contributed by atoms with Gasteiger partial charge in [-0.1, -0.05) is 0 Å². The smallest absolute Gasteiger partial charge is 0.320 e. The highest BCUT2D eigenvalue weighted by Gasteiger charge is 2.36. The number of urea groups is 1. The second kappa shape index (κ2) is 6.15. The van der Waals surface area contributed by atoms with E-state index in [-0.39, 0.29) is 12.1 Å². The van der Waals surface area contributed by atoms with Crippen molar-refractivity contribution in [1.29, 1.82) is 5.26 Å². The molecule has 2 aliphatic rings. The zero-order valence-electron chi connectivity index (χ0n) is 12.5. The minimum absolute atomic E-state index is 0.0348. The summed E-state index contributed by atoms with van der Waals surface area (Å²) in [5.74, 6) is 0.591. The van der Waals surface area contributed by atoms with Gasteiger partial charge in [0.1, 0.15) is 6.07 Å². The Morgan fingerprint density at radius 2 is 2.05 bits per heavy atom. The first-order valence-electron chi connectivity index (χ1n) is 7.26. The molecular weight excluding hydrogens is 284 g/mol. The van der Waals surface area contributed by atoms with Crippen LogP contribution in [-0.2, 0) is 4.74 Å². The first kappa shape index (κ1) is 14.5. The lowest BCUT2D eigenvalue weighted by atomic mass is 10.1. The molecule has 0 unspecified atom stereocenters. The van der Waals surface area contributed by atoms with Crippen LogP contribution in [0, 0.1) is 11.3 Å². The number of carbonyl (C=O) groups excluding carboxylic acids is 1. The minimum atomic E-state index is 0.0348. The quantitative estimate of drug-likeness (QED) is 0.759. The molecule has 0 radical (unpaired) electrons. The molecule has 3 rings (SSSR count). The zero-order valence-corrected chi connectivity index (χ0v) is 12.5. The summed E-state index contributed by atoms with van der Waals surface area (Å²) in [6.07, 6.45) is 3.08. The predicted molar refractivity (Wildman–Crippen MR) is 78.3 cm³/mol. The molecule has 0 aromatic carbocycles. The summed E-state index contributed by atoms with van der Waals surface area (Å²) in [6.45, 7) is 3.81. The second-order valence-electron chi connectivity index (χ2n) is 5.39. The fraction of sp³-hybridized carbons (Fsp3) is 0.571. The standard InChI is InChI=1S/C14H18N6O2/c1-18(14(21)19-4-6-22-7-5-19)11-9-20(10-11)13-12(8-15)16-2-3-17-13/h2-3,11H,4-7,9-10H2,1H3. The number of carbonyl (C=O) groups is 1. The van der Waals surface area contributed by atoms with Crippen LogP contribution in [0.25, 0.3) is 0 Å². The third-order valence-electron chi connectivity index (χ3n) is 4.08. The van der Waals surface area contributed by atoms with E-state index in [1.165, 1.54) is 6.20 Å². The molecule has 0 saturated carbocycles. The average molecular weight is 302 g/mol. The number of likely N-dealkylation sites (N-methyl/N-ethyl adjacent to an activating group) is 1. The molecule has 8 heteroatoms. The first-order chi connectivity index (χ1) is 10.7. The molecule has 8 nitrogen and oxygen atoms in total. The summed E-state index contributed by atoms with van der Waals surface area (Å²) in [5.41, 5.74) is 0.322. The Labute approximate surface area is 128 Å². The van der Waals surface area contributed by atoms with E-state index < -0.39 is 0 Å². The molecule has 0 N–H and O–H groups in total. The lowest BCUT2D eigenvalue weighted by Gasteiger charge is -2.45. The summed E-state index contributed by atoms with van der Waals surface area (Å²) >= 11 is 0. The Hall–Kier alpha value is -2.40. The minimum Gasteiger partial charge on any atom is -0.378 e. The Morgan fingerprint density at radius 3 is 2.73 bits per heavy atom. The van der Waals surface area contributed by atoms with Crippen LogP contribution < -0.4 is 4.90 Å². The van der Waals surface area contributed by atoms with Gasteiger partial charge in [-0.15, -0.1) is 0 Å². The van der Waals surface area contributed by atoms with Crippen molar-refractivity contribution in [1.82, 2.24) is 19.8 Å². The number of rotatable bonds is 2. The van der Waals surface area contributed by atoms with Gasteiger partial charge in [0.05, 0.1) is 19.3 Å². The number of ether oxygens (including phenoxy) is 1. The topological polar surface area (TPSA) is 85.6 Å². The summed E-state index contributed by atoms with van der Waals surface area (Å²) in [6, 6.07) is 2.21. The first-order valence-corrected chi connectivity index (χ1v) is 7.26. The average Bonchev–Trinajstić information content (AvgIpc) is 2.54. The van der Waals surface area contributed by atoms with Gasteiger partial charge in [-0.25, -0.2) is 14.8 Å². The van der Waals surface area contributed by atoms with Crippen LogP contribution in [0.2, 0.25) is 0 Å². The Kier molecular flexibility index (Phi) is 4.06. The van der Waals surface area contributed by atoms with Crippen LogP contribution in [0.3, 0.4) is 0 Å². The summed E-state index contributed by atoms with van der Waals surface area (Å²) in [7, 11) is 1.82. The molecule has 0 atom stereocenters. The van der Waals surface area contributed by atoms with Crippen molar-refractivity contribution in [2.24, 2.45) is 0 Å². The van der Waals surface area contributed by atoms with E-state index in [0.29, 0.717) is 50.9 Å². The number of morpholine rings is 1. The molecular formula is C14H18N6O2. The maximum absolute atomic E-state index is 12.4. The second-order valence-corrected chi connectivity index (χ2v) is 5.39. The molecule has 2 amide bonds. The van der Waals surface area contributed by atoms with Gasteiger partial charge in [0.15, 0.2) is 11.5 Å². The van der Waals surface area contributed by atoms with Crippen molar-refractivity contribution < 1.29 is 9.53 Å². The van der Waals surface area contributed by atoms with Gasteiger partial charge < -0.3 is 19.4 Å². The van der Waals surface area contributed by atoms with Crippen LogP contribution in [0.1, 0.15) is 5.69 Å². The highest BCUT2D eigenvalue weighted by molar-refractivity contribution is 5.75. The number of aromatic nitrogens is 2. The lowest BCUT2D eigenvalue weighted by molar-refractivity contribution is 0.0407. The molecule has 1 aromatic heterocycles. The van der Waals surface area contributed by atoms with Crippen LogP contribution in [0.4, 0.5) is 10.6 Å². The Bertz CT molecular complexity index is 589. The number of anilines is 1. The summed E-state index contributed by atoms with van der Waals surface area (Å²) in [5, 5.41) is 9.06. The van der Waals surface area contributed by atoms with Gasteiger partial charge in [0, 0.05) is 45.6 Å². The number of hydrogen-bond donors (Lipinski definition) is 0. The van der Waals surface area contributed by atoms with Crippen molar-refractivity contribution >= 4 is 11.8 Å². The third-order valence-corrected chi connectivity index (χ3v) is 4.08. The van der Waals surface area contributed by atoms with Gasteiger partial charge in [0.2, 0.25) is 0 Å². The Balaban J connectivity index is 1.58. The van der Waals surface area contributed by atoms with Gasteiger partial charge >= 0.3 is 6.03 Å². The molecule has 1 aromatic rings. The molecule has 2 aliphatic heterocycles. The molecule has 22 heavy (non-hydrogen) atoms. The van der Waals surface area contributed by atoms with E-state index in [1.807, 2.05) is 22.9 Å². The van der Waals surface area contributed by atoms with E-state index in [9.17, 15) is 4.79 Å². The fourth-order valence-corrected chi connectivity index (χ4v) is 2.65. The van der Waals surface area contributed by atoms with Crippen LogP contribution >= 0.6 is 0 Å². The van der Waals surface area contributed by atoms with Crippen LogP contribution in [-0.4, -0.2) is 78.3 Å². The molecule has 0 aliphatic carbocycles. The number of nitrogens with zero attached hydrogens (tertiary/aromatic N) is 6. The molecule has 2 fully saturated rings. The van der Waals surface area contributed by atoms with Crippen molar-refractivity contribution in [3.8, 4) is 6.07 Å². The molecule has 116 valence electrons. The van der Waals surface area contributed by atoms with Crippen molar-refractivity contribution in [3.05, 3.63) is 18.1 Å². The third kappa shape index (κ3) is 2.67. The van der Waals surface area contributed by atoms with E-state index >= 15 is 0 Å². The van der Waals surface area contributed by atoms with E-state index in [0.717, 1.165) is 0 Å². The lowest BCUT2D eigenvalue weighted by Crippen LogP contribution is -2.62. The van der Waals surface area contributed by atoms with Crippen molar-refractivity contribution in [2.75, 3.05) is 51.3 Å². The maximum Gasteiger partial charge on any atom is 0.320 e. The van der Waals surface area contributed by atoms with Crippen LogP contribution in [0.15, 0.2) is 12.4 Å². The van der Waals surface area contributed by atoms with Crippen molar-refractivity contribution in [2.45, 2.75) is 6.04 Å². The number of amides is 2. The predicted octanol–water partition coefficient (Wildman–Crippen LogP) is -0.0791. The monoisotopic (exact) mass is 302 g/mol. The molecule has 0 bridgehead atoms. The molecule has 2 saturated heterocycles. The van der Waals surface area contributed by atoms with Crippen molar-refractivity contribution in [3.63, 3.8) is 0 Å². The zero-order chi connectivity index (χ0) is 15.5. The molecule has 0 spiro atoms. The van der Waals surface area contributed by atoms with Gasteiger partial charge in [0.25, 0.3) is 0 Å². The summed E-state index contributed by atoms with van der Waals surface area (Å²) < 4.78 is 5.26. The Morgan fingerprint density at radius 1 is 1.36 bits per heavy atom.